The molecule has 0 spiro atoms. The van der Waals surface area contributed by atoms with Crippen LogP contribution in [0.5, 0.6) is 0 Å². The number of aliphatic hydroxyl groups is 1. The Hall–Kier alpha value is -3.54. The lowest BCUT2D eigenvalue weighted by atomic mass is 10.2. The van der Waals surface area contributed by atoms with Gasteiger partial charge in [-0.1, -0.05) is 59.5 Å². The predicted molar refractivity (Wildman–Crippen MR) is 133 cm³/mol. The first-order valence-corrected chi connectivity index (χ1v) is 12.2. The number of carbonyl (C=O) groups is 2. The fourth-order valence-corrected chi connectivity index (χ4v) is 4.84. The number of benzene rings is 2. The fourth-order valence-electron chi connectivity index (χ4n) is 3.20. The number of thiazole rings is 1. The molecule has 0 saturated carbocycles. The second-order valence-electron chi connectivity index (χ2n) is 7.14. The summed E-state index contributed by atoms with van der Waals surface area (Å²) >= 11 is 2.60. The molecular formula is C23H22N6O3S2. The molecule has 0 bridgehead atoms. The summed E-state index contributed by atoms with van der Waals surface area (Å²) in [5, 5.41) is 24.9. The Labute approximate surface area is 203 Å². The molecule has 2 aromatic heterocycles. The second-order valence-corrected chi connectivity index (χ2v) is 9.11. The topological polar surface area (TPSA) is 122 Å². The van der Waals surface area contributed by atoms with E-state index in [2.05, 4.69) is 32.4 Å². The number of rotatable bonds is 10. The highest BCUT2D eigenvalue weighted by Crippen LogP contribution is 2.26. The summed E-state index contributed by atoms with van der Waals surface area (Å²) in [6.07, 6.45) is 1.66. The maximum Gasteiger partial charge on any atom is 0.251 e. The van der Waals surface area contributed by atoms with E-state index >= 15 is 0 Å². The van der Waals surface area contributed by atoms with Crippen molar-refractivity contribution in [2.24, 2.45) is 0 Å². The van der Waals surface area contributed by atoms with Crippen LogP contribution in [0.1, 0.15) is 22.2 Å². The molecule has 2 heterocycles. The van der Waals surface area contributed by atoms with Crippen molar-refractivity contribution >= 4 is 50.3 Å². The summed E-state index contributed by atoms with van der Waals surface area (Å²) in [7, 11) is 0. The van der Waals surface area contributed by atoms with Crippen molar-refractivity contribution in [2.75, 3.05) is 17.7 Å². The minimum atomic E-state index is -0.772. The van der Waals surface area contributed by atoms with Gasteiger partial charge in [-0.15, -0.1) is 16.8 Å². The Kier molecular flexibility index (Phi) is 7.68. The smallest absolute Gasteiger partial charge is 0.251 e. The maximum atomic E-state index is 12.6. The van der Waals surface area contributed by atoms with Crippen LogP contribution in [0.25, 0.3) is 10.2 Å². The van der Waals surface area contributed by atoms with Gasteiger partial charge in [-0.25, -0.2) is 4.98 Å². The number of aliphatic hydroxyl groups excluding tert-OH is 1. The molecule has 0 fully saturated rings. The van der Waals surface area contributed by atoms with Crippen molar-refractivity contribution in [1.29, 1.82) is 0 Å². The highest BCUT2D eigenvalue weighted by Gasteiger charge is 2.23. The minimum absolute atomic E-state index is 0.0887. The second kappa shape index (κ2) is 11.1. The third-order valence-corrected chi connectivity index (χ3v) is 6.68. The monoisotopic (exact) mass is 494 g/mol. The molecule has 3 N–H and O–H groups in total. The van der Waals surface area contributed by atoms with Crippen LogP contribution in [0.4, 0.5) is 5.13 Å². The molecule has 0 aliphatic carbocycles. The Morgan fingerprint density at radius 2 is 1.91 bits per heavy atom. The zero-order valence-corrected chi connectivity index (χ0v) is 19.7. The highest BCUT2D eigenvalue weighted by atomic mass is 32.2. The molecule has 4 aromatic rings. The number of nitrogens with one attached hydrogen (secondary N) is 2. The van der Waals surface area contributed by atoms with Crippen LogP contribution in [0.3, 0.4) is 0 Å². The molecule has 2 aromatic carbocycles. The lowest BCUT2D eigenvalue weighted by molar-refractivity contribution is -0.113. The molecular weight excluding hydrogens is 472 g/mol. The molecule has 11 heteroatoms. The first-order valence-electron chi connectivity index (χ1n) is 10.4. The largest absolute Gasteiger partial charge is 0.394 e. The molecule has 1 atom stereocenters. The van der Waals surface area contributed by atoms with Crippen molar-refractivity contribution in [3.8, 4) is 0 Å². The summed E-state index contributed by atoms with van der Waals surface area (Å²) in [4.78, 5) is 29.5. The number of fused-ring (bicyclic) bond motifs is 1. The van der Waals surface area contributed by atoms with Gasteiger partial charge < -0.3 is 20.3 Å². The lowest BCUT2D eigenvalue weighted by Gasteiger charge is -2.17. The van der Waals surface area contributed by atoms with E-state index in [0.29, 0.717) is 28.2 Å². The average molecular weight is 495 g/mol. The van der Waals surface area contributed by atoms with Crippen LogP contribution < -0.4 is 10.6 Å². The number of nitrogens with zero attached hydrogens (tertiary/aromatic N) is 4. The third kappa shape index (κ3) is 5.50. The number of hydrogen-bond acceptors (Lipinski definition) is 8. The lowest BCUT2D eigenvalue weighted by Crippen LogP contribution is -2.33. The van der Waals surface area contributed by atoms with Crippen molar-refractivity contribution in [2.45, 2.75) is 17.7 Å². The summed E-state index contributed by atoms with van der Waals surface area (Å²) in [5.74, 6) is -0.0985. The molecule has 0 unspecified atom stereocenters. The number of amides is 2. The maximum absolute atomic E-state index is 12.6. The first kappa shape index (κ1) is 23.6. The Morgan fingerprint density at radius 1 is 1.15 bits per heavy atom. The first-order chi connectivity index (χ1) is 16.6. The van der Waals surface area contributed by atoms with Crippen LogP contribution >= 0.6 is 23.1 Å². The zero-order chi connectivity index (χ0) is 23.9. The number of allylic oxidation sites excluding steroid dienone is 1. The third-order valence-electron chi connectivity index (χ3n) is 4.77. The molecule has 0 saturated heterocycles. The predicted octanol–water partition coefficient (Wildman–Crippen LogP) is 3.27. The van der Waals surface area contributed by atoms with Gasteiger partial charge in [0.05, 0.1) is 22.6 Å². The molecule has 174 valence electrons. The highest BCUT2D eigenvalue weighted by molar-refractivity contribution is 7.99. The molecule has 0 radical (unpaired) electrons. The summed E-state index contributed by atoms with van der Waals surface area (Å²) in [5.41, 5.74) is 1.30. The van der Waals surface area contributed by atoms with Gasteiger partial charge in [-0.2, -0.15) is 0 Å². The molecule has 9 nitrogen and oxygen atoms in total. The van der Waals surface area contributed by atoms with Gasteiger partial charge in [0, 0.05) is 12.1 Å². The number of para-hydroxylation sites is 1. The van der Waals surface area contributed by atoms with Crippen molar-refractivity contribution < 1.29 is 14.7 Å². The number of hydrogen-bond donors (Lipinski definition) is 3. The SMILES string of the molecule is C=CCn1c(SCC(=O)Nc2nc3ccccc3s2)nnc1[C@H](CO)NC(=O)c1ccccc1. The van der Waals surface area contributed by atoms with E-state index in [1.54, 1.807) is 34.9 Å². The Bertz CT molecular complexity index is 1270. The van der Waals surface area contributed by atoms with E-state index in [1.807, 2.05) is 30.3 Å². The van der Waals surface area contributed by atoms with E-state index < -0.39 is 6.04 Å². The van der Waals surface area contributed by atoms with Gasteiger partial charge in [0.1, 0.15) is 6.04 Å². The quantitative estimate of drug-likeness (QED) is 0.228. The van der Waals surface area contributed by atoms with Gasteiger partial charge in [-0.05, 0) is 24.3 Å². The van der Waals surface area contributed by atoms with E-state index in [-0.39, 0.29) is 24.2 Å². The van der Waals surface area contributed by atoms with Crippen LogP contribution in [0.2, 0.25) is 0 Å². The summed E-state index contributed by atoms with van der Waals surface area (Å²) in [6.45, 7) is 3.75. The number of thioether (sulfide) groups is 1. The van der Waals surface area contributed by atoms with Crippen molar-refractivity contribution in [3.63, 3.8) is 0 Å². The number of anilines is 1. The van der Waals surface area contributed by atoms with E-state index in [9.17, 15) is 14.7 Å². The van der Waals surface area contributed by atoms with Crippen molar-refractivity contribution in [1.82, 2.24) is 25.1 Å². The molecule has 34 heavy (non-hydrogen) atoms. The minimum Gasteiger partial charge on any atom is -0.394 e. The van der Waals surface area contributed by atoms with E-state index in [4.69, 9.17) is 0 Å². The van der Waals surface area contributed by atoms with Gasteiger partial charge in [0.15, 0.2) is 16.1 Å². The Morgan fingerprint density at radius 3 is 2.65 bits per heavy atom. The van der Waals surface area contributed by atoms with Crippen LogP contribution in [-0.2, 0) is 11.3 Å². The number of carbonyl (C=O) groups excluding carboxylic acids is 2. The average Bonchev–Trinajstić information content (AvgIpc) is 3.45. The van der Waals surface area contributed by atoms with Gasteiger partial charge in [0.2, 0.25) is 5.91 Å². The van der Waals surface area contributed by atoms with E-state index in [1.165, 1.54) is 23.1 Å². The molecule has 4 rings (SSSR count). The fraction of sp³-hybridized carbons (Fsp3) is 0.174. The summed E-state index contributed by atoms with van der Waals surface area (Å²) in [6, 6.07) is 15.6. The van der Waals surface area contributed by atoms with Gasteiger partial charge in [-0.3, -0.25) is 9.59 Å². The zero-order valence-electron chi connectivity index (χ0n) is 18.0. The standard InChI is InChI=1S/C23H22N6O3S2/c1-2-12-29-20(17(13-30)24-21(32)15-8-4-3-5-9-15)27-28-23(29)33-14-19(31)26-22-25-16-10-6-7-11-18(16)34-22/h2-11,17,30H,1,12-14H2,(H,24,32)(H,25,26,31)/t17-/m0/s1. The van der Waals surface area contributed by atoms with Crippen LogP contribution in [0, 0.1) is 0 Å². The normalized spacial score (nSPS) is 11.8. The van der Waals surface area contributed by atoms with Crippen LogP contribution in [-0.4, -0.2) is 49.0 Å². The molecule has 0 aliphatic rings. The molecule has 0 aliphatic heterocycles. The van der Waals surface area contributed by atoms with Crippen molar-refractivity contribution in [3.05, 3.63) is 78.6 Å². The molecule has 2 amide bonds. The summed E-state index contributed by atoms with van der Waals surface area (Å²) < 4.78 is 2.71. The van der Waals surface area contributed by atoms with Crippen LogP contribution in [0.15, 0.2) is 72.4 Å². The van der Waals surface area contributed by atoms with E-state index in [0.717, 1.165) is 10.2 Å². The number of aromatic nitrogens is 4. The Balaban J connectivity index is 1.43. The van der Waals surface area contributed by atoms with Gasteiger partial charge >= 0.3 is 0 Å². The van der Waals surface area contributed by atoms with Gasteiger partial charge in [0.25, 0.3) is 5.91 Å².